The van der Waals surface area contributed by atoms with Gasteiger partial charge in [0.15, 0.2) is 0 Å². The Morgan fingerprint density at radius 2 is 2.15 bits per heavy atom. The highest BCUT2D eigenvalue weighted by Gasteiger charge is 1.94. The first kappa shape index (κ1) is 9.29. The molecule has 0 radical (unpaired) electrons. The molecule has 0 fully saturated rings. The van der Waals surface area contributed by atoms with E-state index in [1.807, 2.05) is 0 Å². The predicted molar refractivity (Wildman–Crippen MR) is 46.3 cm³/mol. The number of hydrogen-bond acceptors (Lipinski definition) is 3. The van der Waals surface area contributed by atoms with Gasteiger partial charge in [-0.1, -0.05) is 11.8 Å². The number of aliphatic hydroxyl groups is 1. The highest BCUT2D eigenvalue weighted by Crippen LogP contribution is 1.79. The van der Waals surface area contributed by atoms with Gasteiger partial charge in [-0.3, -0.25) is 19.8 Å². The molecule has 1 aromatic rings. The van der Waals surface area contributed by atoms with E-state index in [0.29, 0.717) is 0 Å². The van der Waals surface area contributed by atoms with Crippen LogP contribution in [0.25, 0.3) is 0 Å². The van der Waals surface area contributed by atoms with Gasteiger partial charge >= 0.3 is 0 Å². The maximum absolute atomic E-state index is 11.0. The SMILES string of the molecule is O=c1cc(C#CCCO)c(=O)[nH][nH]1. The second-order valence-electron chi connectivity index (χ2n) is 2.28. The van der Waals surface area contributed by atoms with E-state index in [2.05, 4.69) is 22.0 Å². The van der Waals surface area contributed by atoms with Crippen molar-refractivity contribution in [3.8, 4) is 11.8 Å². The van der Waals surface area contributed by atoms with Crippen molar-refractivity contribution in [3.63, 3.8) is 0 Å². The summed E-state index contributed by atoms with van der Waals surface area (Å²) >= 11 is 0. The molecular formula is C8H8N2O3. The molecule has 1 heterocycles. The Balaban J connectivity index is 3.03. The van der Waals surface area contributed by atoms with Crippen LogP contribution in [0.1, 0.15) is 12.0 Å². The van der Waals surface area contributed by atoms with Crippen LogP contribution >= 0.6 is 0 Å². The van der Waals surface area contributed by atoms with Crippen molar-refractivity contribution in [2.24, 2.45) is 0 Å². The van der Waals surface area contributed by atoms with E-state index in [0.717, 1.165) is 6.07 Å². The summed E-state index contributed by atoms with van der Waals surface area (Å²) < 4.78 is 0. The third kappa shape index (κ3) is 2.61. The summed E-state index contributed by atoms with van der Waals surface area (Å²) in [6, 6.07) is 1.11. The summed E-state index contributed by atoms with van der Waals surface area (Å²) in [5.41, 5.74) is -0.741. The molecule has 0 aliphatic heterocycles. The first-order chi connectivity index (χ1) is 6.24. The van der Waals surface area contributed by atoms with Gasteiger partial charge < -0.3 is 5.11 Å². The molecular weight excluding hydrogens is 172 g/mol. The third-order valence-corrected chi connectivity index (χ3v) is 1.28. The fourth-order valence-electron chi connectivity index (χ4n) is 0.725. The molecule has 0 aliphatic rings. The van der Waals surface area contributed by atoms with Crippen LogP contribution in [-0.2, 0) is 0 Å². The maximum Gasteiger partial charge on any atom is 0.278 e. The van der Waals surface area contributed by atoms with Crippen molar-refractivity contribution >= 4 is 0 Å². The highest BCUT2D eigenvalue weighted by atomic mass is 16.2. The molecule has 13 heavy (non-hydrogen) atoms. The monoisotopic (exact) mass is 180 g/mol. The van der Waals surface area contributed by atoms with Crippen molar-refractivity contribution in [2.45, 2.75) is 6.42 Å². The van der Waals surface area contributed by atoms with Crippen molar-refractivity contribution in [3.05, 3.63) is 32.3 Å². The molecule has 0 unspecified atom stereocenters. The number of aromatic nitrogens is 2. The molecule has 0 saturated carbocycles. The van der Waals surface area contributed by atoms with Gasteiger partial charge in [-0.25, -0.2) is 0 Å². The number of H-pyrrole nitrogens is 2. The number of rotatable bonds is 1. The van der Waals surface area contributed by atoms with Crippen LogP contribution in [0.4, 0.5) is 0 Å². The Morgan fingerprint density at radius 1 is 1.38 bits per heavy atom. The van der Waals surface area contributed by atoms with Crippen molar-refractivity contribution in [2.75, 3.05) is 6.61 Å². The Hall–Kier alpha value is -1.80. The summed E-state index contributed by atoms with van der Waals surface area (Å²) in [5, 5.41) is 12.7. The smallest absolute Gasteiger partial charge is 0.278 e. The zero-order valence-electron chi connectivity index (χ0n) is 6.76. The largest absolute Gasteiger partial charge is 0.395 e. The standard InChI is InChI=1S/C8H8N2O3/c11-4-2-1-3-6-5-7(12)9-10-8(6)13/h5,11H,2,4H2,(H,9,12)(H,10,13). The Kier molecular flexibility index (Phi) is 3.06. The summed E-state index contributed by atoms with van der Waals surface area (Å²) in [7, 11) is 0. The molecule has 3 N–H and O–H groups in total. The lowest BCUT2D eigenvalue weighted by atomic mass is 10.3. The fraction of sp³-hybridized carbons (Fsp3) is 0.250. The zero-order valence-corrected chi connectivity index (χ0v) is 6.76. The molecule has 0 aromatic carbocycles. The molecule has 1 rings (SSSR count). The number of hydrogen-bond donors (Lipinski definition) is 3. The Labute approximate surface area is 73.4 Å². The molecule has 0 spiro atoms. The lowest BCUT2D eigenvalue weighted by Crippen LogP contribution is -2.20. The van der Waals surface area contributed by atoms with Gasteiger partial charge in [-0.15, -0.1) is 0 Å². The molecule has 5 nitrogen and oxygen atoms in total. The summed E-state index contributed by atoms with van der Waals surface area (Å²) in [6.45, 7) is -0.0614. The van der Waals surface area contributed by atoms with E-state index in [4.69, 9.17) is 5.11 Å². The van der Waals surface area contributed by atoms with Gasteiger partial charge in [0.25, 0.3) is 11.1 Å². The van der Waals surface area contributed by atoms with E-state index in [-0.39, 0.29) is 18.6 Å². The highest BCUT2D eigenvalue weighted by molar-refractivity contribution is 5.30. The summed E-state index contributed by atoms with van der Waals surface area (Å²) in [4.78, 5) is 21.7. The molecule has 68 valence electrons. The predicted octanol–water partition coefficient (Wildman–Crippen LogP) is -1.20. The van der Waals surface area contributed by atoms with Crippen molar-refractivity contribution in [1.29, 1.82) is 0 Å². The lowest BCUT2D eigenvalue weighted by molar-refractivity contribution is 0.305. The van der Waals surface area contributed by atoms with Crippen molar-refractivity contribution < 1.29 is 5.11 Å². The quantitative estimate of drug-likeness (QED) is 0.474. The first-order valence-corrected chi connectivity index (χ1v) is 3.66. The second kappa shape index (κ2) is 4.28. The van der Waals surface area contributed by atoms with E-state index < -0.39 is 11.1 Å². The van der Waals surface area contributed by atoms with E-state index in [1.165, 1.54) is 0 Å². The van der Waals surface area contributed by atoms with Gasteiger partial charge in [0, 0.05) is 12.5 Å². The molecule has 0 bridgehead atoms. The average molecular weight is 180 g/mol. The summed E-state index contributed by atoms with van der Waals surface area (Å²) in [6.07, 6.45) is 0.284. The van der Waals surface area contributed by atoms with Crippen LogP contribution < -0.4 is 11.1 Å². The lowest BCUT2D eigenvalue weighted by Gasteiger charge is -1.86. The first-order valence-electron chi connectivity index (χ1n) is 3.66. The minimum atomic E-state index is -0.440. The molecule has 0 amide bonds. The molecule has 0 saturated heterocycles. The van der Waals surface area contributed by atoms with Crippen LogP contribution in [0.5, 0.6) is 0 Å². The minimum Gasteiger partial charge on any atom is -0.395 e. The van der Waals surface area contributed by atoms with Crippen molar-refractivity contribution in [1.82, 2.24) is 10.2 Å². The second-order valence-corrected chi connectivity index (χ2v) is 2.28. The third-order valence-electron chi connectivity index (χ3n) is 1.28. The van der Waals surface area contributed by atoms with Gasteiger partial charge in [-0.05, 0) is 0 Å². The van der Waals surface area contributed by atoms with E-state index in [9.17, 15) is 9.59 Å². The maximum atomic E-state index is 11.0. The fourth-order valence-corrected chi connectivity index (χ4v) is 0.725. The number of nitrogens with one attached hydrogen (secondary N) is 2. The minimum absolute atomic E-state index is 0.0614. The normalized spacial score (nSPS) is 9.00. The van der Waals surface area contributed by atoms with Crippen LogP contribution in [0.3, 0.4) is 0 Å². The van der Waals surface area contributed by atoms with Gasteiger partial charge in [0.1, 0.15) is 0 Å². The Bertz CT molecular complexity index is 447. The van der Waals surface area contributed by atoms with Crippen LogP contribution in [0.2, 0.25) is 0 Å². The van der Waals surface area contributed by atoms with Crippen LogP contribution in [0.15, 0.2) is 15.7 Å². The molecule has 0 atom stereocenters. The Morgan fingerprint density at radius 3 is 2.85 bits per heavy atom. The number of aromatic amines is 2. The molecule has 5 heteroatoms. The van der Waals surface area contributed by atoms with E-state index >= 15 is 0 Å². The summed E-state index contributed by atoms with van der Waals surface area (Å²) in [5.74, 6) is 5.03. The number of aliphatic hydroxyl groups excluding tert-OH is 1. The topological polar surface area (TPSA) is 85.9 Å². The van der Waals surface area contributed by atoms with E-state index in [1.54, 1.807) is 0 Å². The van der Waals surface area contributed by atoms with Crippen LogP contribution in [-0.4, -0.2) is 21.9 Å². The average Bonchev–Trinajstić information content (AvgIpc) is 2.11. The van der Waals surface area contributed by atoms with Gasteiger partial charge in [-0.2, -0.15) is 0 Å². The van der Waals surface area contributed by atoms with Crippen LogP contribution in [0, 0.1) is 11.8 Å². The van der Waals surface area contributed by atoms with Gasteiger partial charge in [0.05, 0.1) is 12.2 Å². The van der Waals surface area contributed by atoms with Gasteiger partial charge in [0.2, 0.25) is 0 Å². The molecule has 1 aromatic heterocycles. The zero-order chi connectivity index (χ0) is 9.68. The molecule has 0 aliphatic carbocycles.